The highest BCUT2D eigenvalue weighted by molar-refractivity contribution is 5.73. The number of aliphatic carboxylic acids is 1. The molecule has 1 N–H and O–H groups in total. The minimum Gasteiger partial charge on any atom is -0.481 e. The molecule has 5 nitrogen and oxygen atoms in total. The van der Waals surface area contributed by atoms with E-state index >= 15 is 0 Å². The minimum atomic E-state index is -0.574. The molecule has 5 heteroatoms. The predicted octanol–water partition coefficient (Wildman–Crippen LogP) is 9.50. The van der Waals surface area contributed by atoms with Crippen LogP contribution in [0.5, 0.6) is 0 Å². The number of carbonyl (C=O) groups is 1. The number of piperidine rings is 1. The van der Waals surface area contributed by atoms with Gasteiger partial charge in [0.25, 0.3) is 0 Å². The molecule has 2 aliphatic heterocycles. The van der Waals surface area contributed by atoms with E-state index in [4.69, 9.17) is 9.47 Å². The van der Waals surface area contributed by atoms with Gasteiger partial charge in [0.15, 0.2) is 0 Å². The quantitative estimate of drug-likeness (QED) is 0.265. The highest BCUT2D eigenvalue weighted by Crippen LogP contribution is 2.75. The fraction of sp³-hybridized carbons (Fsp3) is 0.929. The summed E-state index contributed by atoms with van der Waals surface area (Å²) < 4.78 is 14.0. The van der Waals surface area contributed by atoms with E-state index in [1.165, 1.54) is 45.2 Å². The molecule has 6 aliphatic rings. The highest BCUT2D eigenvalue weighted by Gasteiger charge is 2.71. The van der Waals surface area contributed by atoms with Crippen LogP contribution in [0, 0.1) is 68.5 Å². The molecule has 5 fully saturated rings. The summed E-state index contributed by atoms with van der Waals surface area (Å²) in [5.74, 6) is 1.87. The predicted molar refractivity (Wildman–Crippen MR) is 191 cm³/mol. The maximum atomic E-state index is 13.4. The van der Waals surface area contributed by atoms with E-state index in [1.807, 2.05) is 0 Å². The fourth-order valence-corrected chi connectivity index (χ4v) is 13.7. The van der Waals surface area contributed by atoms with Crippen molar-refractivity contribution >= 4 is 5.97 Å². The average molecular weight is 654 g/mol. The summed E-state index contributed by atoms with van der Waals surface area (Å²) in [7, 11) is 0. The fourth-order valence-electron chi connectivity index (χ4n) is 13.7. The molecule has 47 heavy (non-hydrogen) atoms. The normalized spacial score (nSPS) is 47.3. The van der Waals surface area contributed by atoms with Gasteiger partial charge >= 0.3 is 5.97 Å². The summed E-state index contributed by atoms with van der Waals surface area (Å²) in [5, 5.41) is 11.0. The van der Waals surface area contributed by atoms with Gasteiger partial charge in [-0.1, -0.05) is 87.3 Å². The van der Waals surface area contributed by atoms with Crippen molar-refractivity contribution in [3.63, 3.8) is 0 Å². The summed E-state index contributed by atoms with van der Waals surface area (Å²) in [4.78, 5) is 16.1. The summed E-state index contributed by atoms with van der Waals surface area (Å²) in [5.41, 5.74) is 1.20. The van der Waals surface area contributed by atoms with Crippen LogP contribution >= 0.6 is 0 Å². The molecule has 4 aliphatic carbocycles. The Morgan fingerprint density at radius 3 is 2.32 bits per heavy atom. The first-order chi connectivity index (χ1) is 21.9. The Kier molecular flexibility index (Phi) is 9.25. The zero-order valence-electron chi connectivity index (χ0n) is 32.2. The number of fused-ring (bicyclic) bond motifs is 3. The number of carboxylic acids is 1. The van der Waals surface area contributed by atoms with Crippen LogP contribution in [0.1, 0.15) is 134 Å². The van der Waals surface area contributed by atoms with Crippen molar-refractivity contribution in [2.45, 2.75) is 146 Å². The summed E-state index contributed by atoms with van der Waals surface area (Å²) in [6, 6.07) is 0. The molecule has 0 unspecified atom stereocenters. The maximum Gasteiger partial charge on any atom is 0.307 e. The lowest BCUT2D eigenvalue weighted by Crippen LogP contribution is -2.69. The molecule has 0 spiro atoms. The molecule has 3 saturated carbocycles. The third-order valence-electron chi connectivity index (χ3n) is 17.2. The molecule has 12 atom stereocenters. The molecular weight excluding hydrogens is 582 g/mol. The van der Waals surface area contributed by atoms with E-state index in [2.05, 4.69) is 87.1 Å². The van der Waals surface area contributed by atoms with Crippen molar-refractivity contribution in [1.82, 2.24) is 4.90 Å². The van der Waals surface area contributed by atoms with Gasteiger partial charge in [-0.25, -0.2) is 0 Å². The van der Waals surface area contributed by atoms with Gasteiger partial charge in [-0.3, -0.25) is 9.69 Å². The van der Waals surface area contributed by atoms with Crippen LogP contribution in [0.3, 0.4) is 0 Å². The first kappa shape index (κ1) is 35.9. The number of nitrogens with zero attached hydrogens (tertiary/aromatic N) is 1. The number of hydrogen-bond donors (Lipinski definition) is 1. The molecule has 2 bridgehead atoms. The molecule has 268 valence electrons. The third kappa shape index (κ3) is 5.02. The SMILES string of the molecule is CC(C)[C@@H](C)[C@@]1(C)CC[C@]2(C)[C@H]3CC[C@@H]4[C@@]5(COC[C@]4(C)[C@@H](OC[C@@](C)(C(C)C)N4CCCCC4)[C@H](C)C5)C3=CC[C@@]2(C)[C@@H]1C(=O)O. The third-order valence-corrected chi connectivity index (χ3v) is 17.2. The second-order valence-electron chi connectivity index (χ2n) is 19.8. The molecule has 0 aromatic rings. The Hall–Kier alpha value is -0.910. The van der Waals surface area contributed by atoms with E-state index < -0.39 is 5.97 Å². The molecular formula is C42H71NO4. The van der Waals surface area contributed by atoms with Gasteiger partial charge in [0, 0.05) is 16.4 Å². The largest absolute Gasteiger partial charge is 0.481 e. The van der Waals surface area contributed by atoms with E-state index in [-0.39, 0.29) is 44.6 Å². The van der Waals surface area contributed by atoms with Crippen LogP contribution in [0.25, 0.3) is 0 Å². The van der Waals surface area contributed by atoms with E-state index in [0.717, 1.165) is 45.5 Å². The monoisotopic (exact) mass is 654 g/mol. The van der Waals surface area contributed by atoms with E-state index in [9.17, 15) is 9.90 Å². The highest BCUT2D eigenvalue weighted by atomic mass is 16.5. The first-order valence-corrected chi connectivity index (χ1v) is 19.8. The zero-order chi connectivity index (χ0) is 34.4. The van der Waals surface area contributed by atoms with Crippen molar-refractivity contribution in [1.29, 1.82) is 0 Å². The van der Waals surface area contributed by atoms with Crippen molar-refractivity contribution in [2.75, 3.05) is 32.9 Å². The number of allylic oxidation sites excluding steroid dienone is 1. The average Bonchev–Trinajstić information content (AvgIpc) is 3.00. The molecule has 0 amide bonds. The van der Waals surface area contributed by atoms with Crippen LogP contribution in [-0.2, 0) is 14.3 Å². The molecule has 2 saturated heterocycles. The van der Waals surface area contributed by atoms with Crippen LogP contribution in [0.2, 0.25) is 0 Å². The Morgan fingerprint density at radius 2 is 1.70 bits per heavy atom. The number of likely N-dealkylation sites (tertiary alicyclic amines) is 1. The van der Waals surface area contributed by atoms with Crippen LogP contribution in [-0.4, -0.2) is 60.5 Å². The van der Waals surface area contributed by atoms with Crippen LogP contribution < -0.4 is 0 Å². The lowest BCUT2D eigenvalue weighted by Gasteiger charge is -2.71. The molecule has 0 radical (unpaired) electrons. The van der Waals surface area contributed by atoms with Crippen molar-refractivity contribution in [3.8, 4) is 0 Å². The molecule has 0 aromatic carbocycles. The Balaban J connectivity index is 1.32. The first-order valence-electron chi connectivity index (χ1n) is 19.8. The summed E-state index contributed by atoms with van der Waals surface area (Å²) in [6.07, 6.45) is 13.2. The van der Waals surface area contributed by atoms with Crippen molar-refractivity contribution in [2.24, 2.45) is 68.5 Å². The van der Waals surface area contributed by atoms with Gasteiger partial charge < -0.3 is 14.6 Å². The standard InChI is InChI=1S/C42H71NO4/c1-27(2)30(6)37(7)19-20-39(9)31-15-16-33-38(8)24-46-26-42(33,32(31)17-18-40(39,10)34(37)36(44)45)23-29(5)35(38)47-25-41(11,28(3)4)43-21-13-12-14-22-43/h17,27-31,33-35H,12-16,18-26H2,1-11H3,(H,44,45)/t29-,30-,31+,33+,34-,35+,37-,38+,39-,40+,41+,42+/m1/s1. The van der Waals surface area contributed by atoms with E-state index in [0.29, 0.717) is 35.5 Å². The Bertz CT molecular complexity index is 1220. The smallest absolute Gasteiger partial charge is 0.307 e. The lowest BCUT2D eigenvalue weighted by atomic mass is 9.34. The van der Waals surface area contributed by atoms with Gasteiger partial charge in [-0.05, 0) is 123 Å². The van der Waals surface area contributed by atoms with E-state index in [1.54, 1.807) is 5.57 Å². The van der Waals surface area contributed by atoms with Crippen molar-refractivity contribution < 1.29 is 19.4 Å². The Labute approximate surface area is 288 Å². The van der Waals surface area contributed by atoms with Crippen LogP contribution in [0.15, 0.2) is 11.6 Å². The zero-order valence-corrected chi connectivity index (χ0v) is 32.2. The Morgan fingerprint density at radius 1 is 1.02 bits per heavy atom. The van der Waals surface area contributed by atoms with Gasteiger partial charge in [0.05, 0.1) is 31.8 Å². The molecule has 6 rings (SSSR count). The minimum absolute atomic E-state index is 0.0232. The summed E-state index contributed by atoms with van der Waals surface area (Å²) in [6.45, 7) is 31.1. The van der Waals surface area contributed by atoms with Gasteiger partial charge in [-0.15, -0.1) is 0 Å². The van der Waals surface area contributed by atoms with Gasteiger partial charge in [0.1, 0.15) is 0 Å². The molecule has 0 aromatic heterocycles. The number of ether oxygens (including phenoxy) is 2. The second kappa shape index (κ2) is 12.1. The van der Waals surface area contributed by atoms with Gasteiger partial charge in [-0.2, -0.15) is 0 Å². The topological polar surface area (TPSA) is 59.0 Å². The molecule has 2 heterocycles. The number of rotatable bonds is 8. The second-order valence-corrected chi connectivity index (χ2v) is 19.8. The van der Waals surface area contributed by atoms with Crippen molar-refractivity contribution in [3.05, 3.63) is 11.6 Å². The maximum absolute atomic E-state index is 13.4. The number of carboxylic acid groups (broad SMARTS) is 1. The van der Waals surface area contributed by atoms with Gasteiger partial charge in [0.2, 0.25) is 0 Å². The lowest BCUT2D eigenvalue weighted by molar-refractivity contribution is -0.256. The number of hydrogen-bond acceptors (Lipinski definition) is 4. The summed E-state index contributed by atoms with van der Waals surface area (Å²) >= 11 is 0. The van der Waals surface area contributed by atoms with Crippen LogP contribution in [0.4, 0.5) is 0 Å².